The van der Waals surface area contributed by atoms with E-state index < -0.39 is 0 Å². The van der Waals surface area contributed by atoms with Crippen molar-refractivity contribution in [2.24, 2.45) is 0 Å². The summed E-state index contributed by atoms with van der Waals surface area (Å²) in [6, 6.07) is 21.2. The second-order valence-corrected chi connectivity index (χ2v) is 6.13. The van der Waals surface area contributed by atoms with Crippen LogP contribution in [0.2, 0.25) is 0 Å². The van der Waals surface area contributed by atoms with Gasteiger partial charge in [-0.2, -0.15) is 0 Å². The molecule has 0 atom stereocenters. The molecule has 1 nitrogen and oxygen atoms in total. The van der Waals surface area contributed by atoms with Crippen LogP contribution < -0.4 is 0 Å². The Morgan fingerprint density at radius 2 is 1.65 bits per heavy atom. The van der Waals surface area contributed by atoms with Crippen molar-refractivity contribution in [1.82, 2.24) is 0 Å². The third-order valence-corrected chi connectivity index (χ3v) is 4.72. The van der Waals surface area contributed by atoms with Gasteiger partial charge in [-0.15, -0.1) is 0 Å². The lowest BCUT2D eigenvalue weighted by atomic mass is 10.1. The fourth-order valence-electron chi connectivity index (χ4n) is 2.48. The maximum Gasteiger partial charge on any atom is 0.161 e. The summed E-state index contributed by atoms with van der Waals surface area (Å²) < 4.78 is 6.15. The minimum Gasteiger partial charge on any atom is -0.450 e. The molecule has 0 saturated heterocycles. The molecule has 0 radical (unpaired) electrons. The first-order valence-corrected chi connectivity index (χ1v) is 7.56. The first-order chi connectivity index (χ1) is 9.81. The molecule has 0 bridgehead atoms. The summed E-state index contributed by atoms with van der Waals surface area (Å²) in [5.74, 6) is 0. The van der Waals surface area contributed by atoms with Crippen LogP contribution in [0.4, 0.5) is 0 Å². The van der Waals surface area contributed by atoms with Crippen molar-refractivity contribution in [1.29, 1.82) is 0 Å². The van der Waals surface area contributed by atoms with Gasteiger partial charge < -0.3 is 4.42 Å². The Bertz CT molecular complexity index is 904. The molecule has 0 aliphatic heterocycles. The van der Waals surface area contributed by atoms with Crippen molar-refractivity contribution in [2.75, 3.05) is 0 Å². The second kappa shape index (κ2) is 4.47. The van der Waals surface area contributed by atoms with Gasteiger partial charge in [-0.25, -0.2) is 0 Å². The number of hydrogen-bond donors (Lipinski definition) is 0. The highest BCUT2D eigenvalue weighted by molar-refractivity contribution is 7.40. The summed E-state index contributed by atoms with van der Waals surface area (Å²) in [5.41, 5.74) is 4.47. The van der Waals surface area contributed by atoms with Gasteiger partial charge >= 0.3 is 0 Å². The largest absolute Gasteiger partial charge is 0.450 e. The summed E-state index contributed by atoms with van der Waals surface area (Å²) in [6.07, 6.45) is 0. The Labute approximate surface area is 119 Å². The predicted molar refractivity (Wildman–Crippen MR) is 86.4 cm³/mol. The molecule has 3 aromatic carbocycles. The Kier molecular flexibility index (Phi) is 2.61. The van der Waals surface area contributed by atoms with E-state index in [2.05, 4.69) is 67.6 Å². The lowest BCUT2D eigenvalue weighted by Crippen LogP contribution is -1.73. The lowest BCUT2D eigenvalue weighted by Gasteiger charge is -1.98. The Morgan fingerprint density at radius 3 is 2.50 bits per heavy atom. The molecule has 0 amide bonds. The van der Waals surface area contributed by atoms with Crippen LogP contribution in [0.5, 0.6) is 0 Å². The minimum atomic E-state index is 1.01. The van der Waals surface area contributed by atoms with Gasteiger partial charge in [0.1, 0.15) is 5.58 Å². The van der Waals surface area contributed by atoms with Crippen LogP contribution in [0.25, 0.3) is 32.5 Å². The molecule has 4 aromatic rings. The van der Waals surface area contributed by atoms with Gasteiger partial charge in [0.25, 0.3) is 0 Å². The molecular weight excluding hydrogens is 263 g/mol. The average Bonchev–Trinajstić information content (AvgIpc) is 2.92. The average molecular weight is 276 g/mol. The second-order valence-electron chi connectivity index (χ2n) is 5.02. The van der Waals surface area contributed by atoms with Crippen LogP contribution in [0.3, 0.4) is 0 Å². The maximum absolute atomic E-state index is 6.15. The molecule has 96 valence electrons. The van der Waals surface area contributed by atoms with Gasteiger partial charge in [0.15, 0.2) is 5.49 Å². The molecule has 4 rings (SSSR count). The Morgan fingerprint density at radius 1 is 0.850 bits per heavy atom. The van der Waals surface area contributed by atoms with E-state index in [1.165, 1.54) is 21.5 Å². The summed E-state index contributed by atoms with van der Waals surface area (Å²) in [5, 5.41) is 3.67. The molecule has 2 heteroatoms. The smallest absolute Gasteiger partial charge is 0.161 e. The predicted octanol–water partition coefficient (Wildman–Crippen LogP) is 6.14. The van der Waals surface area contributed by atoms with Crippen LogP contribution in [0.1, 0.15) is 5.56 Å². The third kappa shape index (κ3) is 1.83. The number of hydrogen-bond acceptors (Lipinski definition) is 1. The maximum atomic E-state index is 6.15. The molecule has 20 heavy (non-hydrogen) atoms. The van der Waals surface area contributed by atoms with Crippen LogP contribution in [-0.2, 0) is 0 Å². The first kappa shape index (κ1) is 11.7. The van der Waals surface area contributed by atoms with E-state index in [0.717, 1.165) is 24.8 Å². The standard InChI is InChI=1S/C18H13OP/c1-12-6-8-14(9-7-12)18-19-17-15-5-3-2-4-13(15)10-11-16(17)20-18/h2-11H,1H3. The highest BCUT2D eigenvalue weighted by atomic mass is 31.0. The van der Waals surface area contributed by atoms with E-state index in [9.17, 15) is 0 Å². The van der Waals surface area contributed by atoms with Crippen LogP contribution in [0, 0.1) is 6.92 Å². The molecular formula is C18H13OP. The third-order valence-electron chi connectivity index (χ3n) is 3.58. The molecule has 1 heterocycles. The van der Waals surface area contributed by atoms with Gasteiger partial charge in [0, 0.05) is 16.1 Å². The van der Waals surface area contributed by atoms with Gasteiger partial charge in [-0.3, -0.25) is 0 Å². The lowest BCUT2D eigenvalue weighted by molar-refractivity contribution is 0.642. The van der Waals surface area contributed by atoms with E-state index in [1.54, 1.807) is 0 Å². The molecule has 0 N–H and O–H groups in total. The zero-order valence-electron chi connectivity index (χ0n) is 11.1. The van der Waals surface area contributed by atoms with E-state index in [-0.39, 0.29) is 0 Å². The topological polar surface area (TPSA) is 13.1 Å². The summed E-state index contributed by atoms with van der Waals surface area (Å²) in [7, 11) is 1.15. The molecule has 0 fully saturated rings. The molecule has 0 aliphatic carbocycles. The van der Waals surface area contributed by atoms with Crippen LogP contribution in [0.15, 0.2) is 65.1 Å². The molecule has 0 aliphatic rings. The van der Waals surface area contributed by atoms with Crippen LogP contribution in [-0.4, -0.2) is 0 Å². The molecule has 1 aromatic heterocycles. The molecule has 0 spiro atoms. The zero-order chi connectivity index (χ0) is 13.5. The van der Waals surface area contributed by atoms with Gasteiger partial charge in [-0.05, 0) is 26.6 Å². The summed E-state index contributed by atoms with van der Waals surface area (Å²) >= 11 is 0. The minimum absolute atomic E-state index is 1.01. The Balaban J connectivity index is 1.98. The molecule has 0 saturated carbocycles. The SMILES string of the molecule is Cc1ccc(-c2oc3c(ccc4ccccc43)p2)cc1. The quantitative estimate of drug-likeness (QED) is 0.407. The number of fused-ring (bicyclic) bond motifs is 3. The van der Waals surface area contributed by atoms with Crippen molar-refractivity contribution in [3.63, 3.8) is 0 Å². The monoisotopic (exact) mass is 276 g/mol. The van der Waals surface area contributed by atoms with E-state index in [4.69, 9.17) is 4.42 Å². The summed E-state index contributed by atoms with van der Waals surface area (Å²) in [4.78, 5) is 0. The van der Waals surface area contributed by atoms with E-state index in [1.807, 2.05) is 0 Å². The fraction of sp³-hybridized carbons (Fsp3) is 0.0556. The van der Waals surface area contributed by atoms with Crippen molar-refractivity contribution in [3.8, 4) is 11.1 Å². The number of rotatable bonds is 1. The van der Waals surface area contributed by atoms with E-state index >= 15 is 0 Å². The van der Waals surface area contributed by atoms with Crippen molar-refractivity contribution in [2.45, 2.75) is 6.92 Å². The van der Waals surface area contributed by atoms with E-state index in [0.29, 0.717) is 0 Å². The zero-order valence-corrected chi connectivity index (χ0v) is 12.0. The highest BCUT2D eigenvalue weighted by Gasteiger charge is 2.09. The number of aryl methyl sites for hydroxylation is 1. The molecule has 0 unspecified atom stereocenters. The van der Waals surface area contributed by atoms with Gasteiger partial charge in [0.05, 0.1) is 0 Å². The van der Waals surface area contributed by atoms with Crippen molar-refractivity contribution < 1.29 is 4.42 Å². The first-order valence-electron chi connectivity index (χ1n) is 6.66. The summed E-state index contributed by atoms with van der Waals surface area (Å²) in [6.45, 7) is 2.10. The normalized spacial score (nSPS) is 11.7. The van der Waals surface area contributed by atoms with Crippen LogP contribution >= 0.6 is 8.19 Å². The van der Waals surface area contributed by atoms with Crippen molar-refractivity contribution >= 4 is 29.7 Å². The highest BCUT2D eigenvalue weighted by Crippen LogP contribution is 2.40. The fourth-order valence-corrected chi connectivity index (χ4v) is 3.53. The van der Waals surface area contributed by atoms with Gasteiger partial charge in [0.2, 0.25) is 0 Å². The number of benzene rings is 3. The van der Waals surface area contributed by atoms with Gasteiger partial charge in [-0.1, -0.05) is 60.2 Å². The van der Waals surface area contributed by atoms with Crippen molar-refractivity contribution in [3.05, 3.63) is 66.2 Å². The Hall–Kier alpha value is -2.11.